The SMILES string of the molecule is Cc1cc(C)c2c(c1)C=C(CN1CCCC1)CC2.Cl. The van der Waals surface area contributed by atoms with Crippen molar-refractivity contribution in [2.24, 2.45) is 0 Å². The monoisotopic (exact) mass is 277 g/mol. The molecule has 0 N–H and O–H groups in total. The highest BCUT2D eigenvalue weighted by molar-refractivity contribution is 5.85. The van der Waals surface area contributed by atoms with Gasteiger partial charge in [0.2, 0.25) is 0 Å². The molecule has 0 unspecified atom stereocenters. The van der Waals surface area contributed by atoms with Gasteiger partial charge in [0, 0.05) is 6.54 Å². The van der Waals surface area contributed by atoms with Gasteiger partial charge in [-0.1, -0.05) is 29.3 Å². The van der Waals surface area contributed by atoms with Crippen LogP contribution in [0.25, 0.3) is 6.08 Å². The number of halogens is 1. The van der Waals surface area contributed by atoms with Gasteiger partial charge >= 0.3 is 0 Å². The summed E-state index contributed by atoms with van der Waals surface area (Å²) in [6, 6.07) is 4.67. The van der Waals surface area contributed by atoms with Gasteiger partial charge in [0.1, 0.15) is 0 Å². The summed E-state index contributed by atoms with van der Waals surface area (Å²) in [5, 5.41) is 0. The lowest BCUT2D eigenvalue weighted by Crippen LogP contribution is -2.23. The van der Waals surface area contributed by atoms with E-state index in [2.05, 4.69) is 37.0 Å². The predicted molar refractivity (Wildman–Crippen MR) is 85.1 cm³/mol. The van der Waals surface area contributed by atoms with Crippen LogP contribution < -0.4 is 0 Å². The van der Waals surface area contributed by atoms with E-state index in [1.165, 1.54) is 62.0 Å². The molecule has 1 aliphatic carbocycles. The first-order valence-corrected chi connectivity index (χ1v) is 7.24. The number of hydrogen-bond donors (Lipinski definition) is 0. The van der Waals surface area contributed by atoms with Crippen molar-refractivity contribution in [3.63, 3.8) is 0 Å². The van der Waals surface area contributed by atoms with E-state index < -0.39 is 0 Å². The zero-order chi connectivity index (χ0) is 12.5. The van der Waals surface area contributed by atoms with E-state index in [1.807, 2.05) is 0 Å². The van der Waals surface area contributed by atoms with Crippen LogP contribution in [0.2, 0.25) is 0 Å². The molecule has 0 bridgehead atoms. The molecule has 0 radical (unpaired) electrons. The van der Waals surface area contributed by atoms with Crippen molar-refractivity contribution in [1.82, 2.24) is 4.90 Å². The molecule has 0 saturated carbocycles. The third-order valence-electron chi connectivity index (χ3n) is 4.33. The highest BCUT2D eigenvalue weighted by atomic mass is 35.5. The highest BCUT2D eigenvalue weighted by Crippen LogP contribution is 2.28. The molecule has 1 nitrogen and oxygen atoms in total. The van der Waals surface area contributed by atoms with Crippen molar-refractivity contribution in [2.75, 3.05) is 19.6 Å². The molecule has 3 rings (SSSR count). The number of rotatable bonds is 2. The van der Waals surface area contributed by atoms with E-state index in [4.69, 9.17) is 0 Å². The van der Waals surface area contributed by atoms with Gasteiger partial charge in [0.15, 0.2) is 0 Å². The second kappa shape index (κ2) is 6.11. The Bertz CT molecular complexity index is 484. The molecule has 104 valence electrons. The lowest BCUT2D eigenvalue weighted by Gasteiger charge is -2.23. The predicted octanol–water partition coefficient (Wildman–Crippen LogP) is 4.15. The fraction of sp³-hybridized carbons (Fsp3) is 0.529. The lowest BCUT2D eigenvalue weighted by molar-refractivity contribution is 0.365. The summed E-state index contributed by atoms with van der Waals surface area (Å²) in [7, 11) is 0. The molecule has 0 amide bonds. The molecule has 2 heteroatoms. The van der Waals surface area contributed by atoms with Crippen LogP contribution in [-0.2, 0) is 6.42 Å². The van der Waals surface area contributed by atoms with Crippen LogP contribution in [0.5, 0.6) is 0 Å². The Morgan fingerprint density at radius 2 is 1.79 bits per heavy atom. The number of nitrogens with zero attached hydrogens (tertiary/aromatic N) is 1. The van der Waals surface area contributed by atoms with Gasteiger partial charge in [0.25, 0.3) is 0 Å². The average molecular weight is 278 g/mol. The molecule has 19 heavy (non-hydrogen) atoms. The average Bonchev–Trinajstić information content (AvgIpc) is 2.81. The number of aryl methyl sites for hydroxylation is 2. The van der Waals surface area contributed by atoms with Crippen LogP contribution in [0.4, 0.5) is 0 Å². The lowest BCUT2D eigenvalue weighted by atomic mass is 9.88. The minimum Gasteiger partial charge on any atom is -0.299 e. The maximum absolute atomic E-state index is 2.61. The number of fused-ring (bicyclic) bond motifs is 1. The summed E-state index contributed by atoms with van der Waals surface area (Å²) >= 11 is 0. The molecule has 0 aromatic heterocycles. The first kappa shape index (κ1) is 14.6. The summed E-state index contributed by atoms with van der Waals surface area (Å²) in [5.41, 5.74) is 7.56. The molecule has 1 aromatic rings. The van der Waals surface area contributed by atoms with Gasteiger partial charge in [0.05, 0.1) is 0 Å². The van der Waals surface area contributed by atoms with Gasteiger partial charge in [-0.3, -0.25) is 4.90 Å². The molecular weight excluding hydrogens is 254 g/mol. The Kier molecular flexibility index (Phi) is 4.70. The normalized spacial score (nSPS) is 18.7. The molecule has 1 aromatic carbocycles. The van der Waals surface area contributed by atoms with Gasteiger partial charge in [-0.05, 0) is 69.3 Å². The quantitative estimate of drug-likeness (QED) is 0.785. The zero-order valence-electron chi connectivity index (χ0n) is 12.0. The maximum atomic E-state index is 2.61. The smallest absolute Gasteiger partial charge is 0.0196 e. The maximum Gasteiger partial charge on any atom is 0.0196 e. The standard InChI is InChI=1S/C17H23N.ClH/c1-13-9-14(2)17-6-5-15(11-16(17)10-13)12-18-7-3-4-8-18;/h9-11H,3-8,12H2,1-2H3;1H. The molecule has 0 spiro atoms. The second-order valence-electron chi connectivity index (χ2n) is 5.94. The van der Waals surface area contributed by atoms with Crippen LogP contribution in [-0.4, -0.2) is 24.5 Å². The van der Waals surface area contributed by atoms with E-state index in [-0.39, 0.29) is 12.4 Å². The third-order valence-corrected chi connectivity index (χ3v) is 4.33. The van der Waals surface area contributed by atoms with Gasteiger partial charge in [-0.25, -0.2) is 0 Å². The molecular formula is C17H24ClN. The van der Waals surface area contributed by atoms with Crippen LogP contribution in [0.15, 0.2) is 17.7 Å². The Morgan fingerprint density at radius 3 is 2.53 bits per heavy atom. The van der Waals surface area contributed by atoms with Crippen LogP contribution in [0.1, 0.15) is 41.5 Å². The van der Waals surface area contributed by atoms with Crippen LogP contribution in [0, 0.1) is 13.8 Å². The van der Waals surface area contributed by atoms with Gasteiger partial charge in [-0.15, -0.1) is 12.4 Å². The van der Waals surface area contributed by atoms with Crippen molar-refractivity contribution in [3.8, 4) is 0 Å². The van der Waals surface area contributed by atoms with E-state index in [0.717, 1.165) is 0 Å². The van der Waals surface area contributed by atoms with E-state index in [1.54, 1.807) is 11.1 Å². The van der Waals surface area contributed by atoms with Crippen molar-refractivity contribution in [1.29, 1.82) is 0 Å². The largest absolute Gasteiger partial charge is 0.299 e. The summed E-state index contributed by atoms with van der Waals surface area (Å²) in [6.45, 7) is 8.27. The second-order valence-corrected chi connectivity index (χ2v) is 5.94. The minimum atomic E-state index is 0. The van der Waals surface area contributed by atoms with E-state index >= 15 is 0 Å². The Labute approximate surface area is 123 Å². The van der Waals surface area contributed by atoms with Crippen molar-refractivity contribution in [3.05, 3.63) is 40.0 Å². The fourth-order valence-electron chi connectivity index (χ4n) is 3.43. The summed E-state index contributed by atoms with van der Waals surface area (Å²) in [5.74, 6) is 0. The summed E-state index contributed by atoms with van der Waals surface area (Å²) in [4.78, 5) is 2.61. The summed E-state index contributed by atoms with van der Waals surface area (Å²) in [6.07, 6.45) is 7.73. The highest BCUT2D eigenvalue weighted by Gasteiger charge is 2.17. The first-order valence-electron chi connectivity index (χ1n) is 7.24. The Balaban J connectivity index is 0.00000133. The summed E-state index contributed by atoms with van der Waals surface area (Å²) < 4.78 is 0. The number of hydrogen-bond acceptors (Lipinski definition) is 1. The molecule has 1 aliphatic heterocycles. The molecule has 1 heterocycles. The van der Waals surface area contributed by atoms with E-state index in [0.29, 0.717) is 0 Å². The van der Waals surface area contributed by atoms with Crippen molar-refractivity contribution < 1.29 is 0 Å². The van der Waals surface area contributed by atoms with Crippen LogP contribution in [0.3, 0.4) is 0 Å². The third kappa shape index (κ3) is 3.21. The minimum absolute atomic E-state index is 0. The Morgan fingerprint density at radius 1 is 1.05 bits per heavy atom. The fourth-order valence-corrected chi connectivity index (χ4v) is 3.43. The zero-order valence-corrected chi connectivity index (χ0v) is 12.9. The van der Waals surface area contributed by atoms with Crippen molar-refractivity contribution in [2.45, 2.75) is 39.5 Å². The van der Waals surface area contributed by atoms with Gasteiger partial charge in [-0.2, -0.15) is 0 Å². The first-order chi connectivity index (χ1) is 8.72. The molecule has 1 fully saturated rings. The molecule has 2 aliphatic rings. The van der Waals surface area contributed by atoms with E-state index in [9.17, 15) is 0 Å². The van der Waals surface area contributed by atoms with Crippen molar-refractivity contribution >= 4 is 18.5 Å². The molecule has 1 saturated heterocycles. The topological polar surface area (TPSA) is 3.24 Å². The molecule has 0 atom stereocenters. The number of benzene rings is 1. The number of likely N-dealkylation sites (tertiary alicyclic amines) is 1. The van der Waals surface area contributed by atoms with Crippen LogP contribution >= 0.6 is 12.4 Å². The Hall–Kier alpha value is -0.790. The van der Waals surface area contributed by atoms with Gasteiger partial charge < -0.3 is 0 Å².